The van der Waals surface area contributed by atoms with Crippen LogP contribution in [0, 0.1) is 0 Å². The molecule has 0 saturated heterocycles. The molecule has 2 rings (SSSR count). The predicted octanol–water partition coefficient (Wildman–Crippen LogP) is 1.14. The molecule has 74 valence electrons. The van der Waals surface area contributed by atoms with E-state index in [-0.39, 0.29) is 0 Å². The highest BCUT2D eigenvalue weighted by molar-refractivity contribution is 6.33. The summed E-state index contributed by atoms with van der Waals surface area (Å²) >= 11 is 5.94. The molecule has 2 aromatic rings. The summed E-state index contributed by atoms with van der Waals surface area (Å²) in [6.07, 6.45) is 6.09. The van der Waals surface area contributed by atoms with E-state index in [0.29, 0.717) is 5.02 Å². The van der Waals surface area contributed by atoms with Crippen LogP contribution in [0.5, 0.6) is 0 Å². The zero-order valence-corrected chi connectivity index (χ0v) is 8.62. The van der Waals surface area contributed by atoms with Crippen LogP contribution in [-0.4, -0.2) is 28.0 Å². The fourth-order valence-corrected chi connectivity index (χ4v) is 1.56. The van der Waals surface area contributed by atoms with E-state index in [1.54, 1.807) is 12.5 Å². The lowest BCUT2D eigenvalue weighted by molar-refractivity contribution is 0.768. The molecule has 1 N–H and O–H groups in total. The lowest BCUT2D eigenvalue weighted by Crippen LogP contribution is -2.11. The molecular weight excluding hydrogens is 200 g/mol. The van der Waals surface area contributed by atoms with Crippen LogP contribution >= 0.6 is 11.6 Å². The number of halogens is 1. The van der Waals surface area contributed by atoms with Gasteiger partial charge in [0, 0.05) is 24.9 Å². The first-order chi connectivity index (χ1) is 6.83. The minimum Gasteiger partial charge on any atom is -0.319 e. The number of imidazole rings is 1. The number of rotatable bonds is 3. The Morgan fingerprint density at radius 3 is 3.14 bits per heavy atom. The van der Waals surface area contributed by atoms with Crippen molar-refractivity contribution in [3.8, 4) is 0 Å². The molecule has 4 nitrogen and oxygen atoms in total. The van der Waals surface area contributed by atoms with E-state index in [0.717, 1.165) is 24.3 Å². The first-order valence-corrected chi connectivity index (χ1v) is 4.81. The third-order valence-electron chi connectivity index (χ3n) is 2.09. The van der Waals surface area contributed by atoms with Gasteiger partial charge in [-0.2, -0.15) is 0 Å². The molecule has 0 radical (unpaired) electrons. The van der Waals surface area contributed by atoms with Crippen LogP contribution in [0.2, 0.25) is 5.02 Å². The maximum atomic E-state index is 5.94. The van der Waals surface area contributed by atoms with E-state index in [4.69, 9.17) is 11.6 Å². The van der Waals surface area contributed by atoms with Crippen molar-refractivity contribution in [2.75, 3.05) is 13.6 Å². The number of likely N-dealkylation sites (N-methyl/N-ethyl adjacent to an activating group) is 1. The number of nitrogens with zero attached hydrogens (tertiary/aromatic N) is 3. The second-order valence-corrected chi connectivity index (χ2v) is 3.45. The molecular formula is C9H11ClN4. The van der Waals surface area contributed by atoms with Crippen molar-refractivity contribution in [3.05, 3.63) is 29.4 Å². The standard InChI is InChI=1S/C9H11ClN4/c1-11-3-2-7-4-13-9-8(10)5-12-6-14(7)9/h4-6,11H,2-3H2,1H3. The maximum absolute atomic E-state index is 5.94. The summed E-state index contributed by atoms with van der Waals surface area (Å²) in [5.41, 5.74) is 1.89. The Balaban J connectivity index is 2.42. The Morgan fingerprint density at radius 2 is 2.36 bits per heavy atom. The Kier molecular flexibility index (Phi) is 2.65. The summed E-state index contributed by atoms with van der Waals surface area (Å²) in [7, 11) is 1.93. The van der Waals surface area contributed by atoms with Gasteiger partial charge in [-0.15, -0.1) is 0 Å². The number of hydrogen-bond acceptors (Lipinski definition) is 3. The monoisotopic (exact) mass is 210 g/mol. The lowest BCUT2D eigenvalue weighted by atomic mass is 10.3. The van der Waals surface area contributed by atoms with Crippen LogP contribution in [-0.2, 0) is 6.42 Å². The van der Waals surface area contributed by atoms with E-state index in [1.807, 2.05) is 17.6 Å². The highest BCUT2D eigenvalue weighted by atomic mass is 35.5. The highest BCUT2D eigenvalue weighted by Gasteiger charge is 2.05. The second-order valence-electron chi connectivity index (χ2n) is 3.04. The van der Waals surface area contributed by atoms with Crippen molar-refractivity contribution < 1.29 is 0 Å². The van der Waals surface area contributed by atoms with Gasteiger partial charge in [-0.05, 0) is 7.05 Å². The number of hydrogen-bond donors (Lipinski definition) is 1. The summed E-state index contributed by atoms with van der Waals surface area (Å²) < 4.78 is 1.92. The van der Waals surface area contributed by atoms with Crippen molar-refractivity contribution >= 4 is 17.2 Å². The molecule has 0 fully saturated rings. The van der Waals surface area contributed by atoms with E-state index >= 15 is 0 Å². The van der Waals surface area contributed by atoms with Crippen LogP contribution in [0.1, 0.15) is 5.69 Å². The molecule has 0 saturated carbocycles. The van der Waals surface area contributed by atoms with Crippen molar-refractivity contribution in [3.63, 3.8) is 0 Å². The summed E-state index contributed by atoms with van der Waals surface area (Å²) in [4.78, 5) is 8.26. The van der Waals surface area contributed by atoms with Gasteiger partial charge >= 0.3 is 0 Å². The van der Waals surface area contributed by atoms with Gasteiger partial charge in [0.1, 0.15) is 11.3 Å². The molecule has 0 aliphatic rings. The van der Waals surface area contributed by atoms with Crippen LogP contribution in [0.25, 0.3) is 5.65 Å². The fourth-order valence-electron chi connectivity index (χ4n) is 1.36. The van der Waals surface area contributed by atoms with E-state index in [1.165, 1.54) is 0 Å². The summed E-state index contributed by atoms with van der Waals surface area (Å²) in [5, 5.41) is 3.68. The molecule has 0 aliphatic heterocycles. The fraction of sp³-hybridized carbons (Fsp3) is 0.333. The first kappa shape index (κ1) is 9.43. The third-order valence-corrected chi connectivity index (χ3v) is 2.35. The molecule has 0 aliphatic carbocycles. The summed E-state index contributed by atoms with van der Waals surface area (Å²) in [6.45, 7) is 0.917. The normalized spacial score (nSPS) is 11.0. The maximum Gasteiger partial charge on any atom is 0.158 e. The predicted molar refractivity (Wildman–Crippen MR) is 55.6 cm³/mol. The smallest absolute Gasteiger partial charge is 0.158 e. The molecule has 2 aromatic heterocycles. The second kappa shape index (κ2) is 3.94. The zero-order chi connectivity index (χ0) is 9.97. The Hall–Kier alpha value is -1.13. The molecule has 0 unspecified atom stereocenters. The minimum atomic E-state index is 0.586. The average molecular weight is 211 g/mol. The van der Waals surface area contributed by atoms with E-state index < -0.39 is 0 Å². The third kappa shape index (κ3) is 1.58. The average Bonchev–Trinajstić information content (AvgIpc) is 2.60. The summed E-state index contributed by atoms with van der Waals surface area (Å²) in [6, 6.07) is 0. The van der Waals surface area contributed by atoms with Gasteiger partial charge in [-0.1, -0.05) is 11.6 Å². The molecule has 14 heavy (non-hydrogen) atoms. The highest BCUT2D eigenvalue weighted by Crippen LogP contribution is 2.15. The molecule has 0 bridgehead atoms. The van der Waals surface area contributed by atoms with E-state index in [9.17, 15) is 0 Å². The van der Waals surface area contributed by atoms with Gasteiger partial charge in [0.2, 0.25) is 0 Å². The molecule has 0 atom stereocenters. The van der Waals surface area contributed by atoms with Crippen LogP contribution in [0.3, 0.4) is 0 Å². The molecule has 2 heterocycles. The van der Waals surface area contributed by atoms with Crippen LogP contribution < -0.4 is 5.32 Å². The van der Waals surface area contributed by atoms with Crippen LogP contribution in [0.4, 0.5) is 0 Å². The Morgan fingerprint density at radius 1 is 1.50 bits per heavy atom. The van der Waals surface area contributed by atoms with Gasteiger partial charge in [0.25, 0.3) is 0 Å². The SMILES string of the molecule is CNCCc1cnc2c(Cl)cncn12. The van der Waals surface area contributed by atoms with Crippen LogP contribution in [0.15, 0.2) is 18.7 Å². The lowest BCUT2D eigenvalue weighted by Gasteiger charge is -2.00. The first-order valence-electron chi connectivity index (χ1n) is 4.43. The van der Waals surface area contributed by atoms with Gasteiger partial charge in [-0.3, -0.25) is 4.40 Å². The zero-order valence-electron chi connectivity index (χ0n) is 7.87. The van der Waals surface area contributed by atoms with Crippen molar-refractivity contribution in [1.82, 2.24) is 19.7 Å². The molecule has 0 aromatic carbocycles. The Labute approximate surface area is 86.9 Å². The van der Waals surface area contributed by atoms with Crippen molar-refractivity contribution in [2.24, 2.45) is 0 Å². The molecule has 5 heteroatoms. The van der Waals surface area contributed by atoms with Gasteiger partial charge in [-0.25, -0.2) is 9.97 Å². The molecule has 0 spiro atoms. The number of fused-ring (bicyclic) bond motifs is 1. The molecule has 0 amide bonds. The minimum absolute atomic E-state index is 0.586. The summed E-state index contributed by atoms with van der Waals surface area (Å²) in [5.74, 6) is 0. The topological polar surface area (TPSA) is 42.2 Å². The van der Waals surface area contributed by atoms with Crippen molar-refractivity contribution in [1.29, 1.82) is 0 Å². The van der Waals surface area contributed by atoms with Gasteiger partial charge in [0.05, 0.1) is 6.20 Å². The van der Waals surface area contributed by atoms with Crippen molar-refractivity contribution in [2.45, 2.75) is 6.42 Å². The number of nitrogens with one attached hydrogen (secondary N) is 1. The quantitative estimate of drug-likeness (QED) is 0.827. The van der Waals surface area contributed by atoms with Gasteiger partial charge in [0.15, 0.2) is 5.65 Å². The van der Waals surface area contributed by atoms with Gasteiger partial charge < -0.3 is 5.32 Å². The van der Waals surface area contributed by atoms with E-state index in [2.05, 4.69) is 15.3 Å². The largest absolute Gasteiger partial charge is 0.319 e. The Bertz CT molecular complexity index is 437. The number of aromatic nitrogens is 3.